The molecule has 3 aromatic rings. The molecule has 116 valence electrons. The van der Waals surface area contributed by atoms with Crippen LogP contribution >= 0.6 is 0 Å². The molecular weight excluding hydrogens is 292 g/mol. The van der Waals surface area contributed by atoms with Gasteiger partial charge in [0.15, 0.2) is 5.65 Å². The number of nitrogens with zero attached hydrogens (tertiary/aromatic N) is 6. The second-order valence-electron chi connectivity index (χ2n) is 5.60. The van der Waals surface area contributed by atoms with E-state index in [0.29, 0.717) is 12.2 Å². The van der Waals surface area contributed by atoms with Gasteiger partial charge in [0.05, 0.1) is 12.6 Å². The molecule has 0 aromatic carbocycles. The highest BCUT2D eigenvalue weighted by Crippen LogP contribution is 2.25. The molecule has 7 heteroatoms. The molecule has 0 spiro atoms. The third-order valence-electron chi connectivity index (χ3n) is 4.16. The van der Waals surface area contributed by atoms with Gasteiger partial charge in [-0.1, -0.05) is 0 Å². The molecule has 0 amide bonds. The van der Waals surface area contributed by atoms with Crippen molar-refractivity contribution in [2.75, 3.05) is 11.4 Å². The number of fused-ring (bicyclic) bond motifs is 1. The lowest BCUT2D eigenvalue weighted by molar-refractivity contribution is 0.487. The van der Waals surface area contributed by atoms with E-state index in [1.165, 1.54) is 10.7 Å². The maximum Gasteiger partial charge on any atom is 0.266 e. The van der Waals surface area contributed by atoms with Gasteiger partial charge in [0, 0.05) is 31.2 Å². The molecule has 1 aliphatic rings. The van der Waals surface area contributed by atoms with Gasteiger partial charge in [0.1, 0.15) is 11.3 Å². The monoisotopic (exact) mass is 308 g/mol. The van der Waals surface area contributed by atoms with Crippen molar-refractivity contribution in [2.24, 2.45) is 0 Å². The molecule has 1 saturated heterocycles. The molecule has 0 saturated carbocycles. The molecule has 1 fully saturated rings. The van der Waals surface area contributed by atoms with Crippen LogP contribution in [0.5, 0.6) is 0 Å². The summed E-state index contributed by atoms with van der Waals surface area (Å²) in [6, 6.07) is 7.32. The molecule has 0 bridgehead atoms. The number of rotatable bonds is 3. The minimum Gasteiger partial charge on any atom is -0.352 e. The van der Waals surface area contributed by atoms with E-state index in [1.54, 1.807) is 24.7 Å². The second kappa shape index (κ2) is 5.75. The van der Waals surface area contributed by atoms with Crippen LogP contribution in [0.25, 0.3) is 11.2 Å². The van der Waals surface area contributed by atoms with Crippen molar-refractivity contribution >= 4 is 17.0 Å². The van der Waals surface area contributed by atoms with Crippen LogP contribution in [0.2, 0.25) is 0 Å². The zero-order valence-corrected chi connectivity index (χ0v) is 12.5. The van der Waals surface area contributed by atoms with Gasteiger partial charge in [-0.2, -0.15) is 5.10 Å². The van der Waals surface area contributed by atoms with Crippen molar-refractivity contribution in [3.63, 3.8) is 0 Å². The van der Waals surface area contributed by atoms with E-state index in [-0.39, 0.29) is 11.6 Å². The second-order valence-corrected chi connectivity index (χ2v) is 5.60. The topological polar surface area (TPSA) is 76.8 Å². The third kappa shape index (κ3) is 2.65. The Morgan fingerprint density at radius 3 is 2.96 bits per heavy atom. The summed E-state index contributed by atoms with van der Waals surface area (Å²) in [7, 11) is 0. The van der Waals surface area contributed by atoms with Crippen molar-refractivity contribution in [3.05, 3.63) is 53.2 Å². The van der Waals surface area contributed by atoms with Gasteiger partial charge in [0.2, 0.25) is 0 Å². The predicted octanol–water partition coefficient (Wildman–Crippen LogP) is 1.25. The number of hydrogen-bond acceptors (Lipinski definition) is 6. The van der Waals surface area contributed by atoms with Crippen LogP contribution in [0.1, 0.15) is 12.8 Å². The third-order valence-corrected chi connectivity index (χ3v) is 4.16. The van der Waals surface area contributed by atoms with E-state index >= 15 is 0 Å². The fourth-order valence-corrected chi connectivity index (χ4v) is 3.06. The summed E-state index contributed by atoms with van der Waals surface area (Å²) < 4.78 is 1.52. The van der Waals surface area contributed by atoms with Gasteiger partial charge in [-0.15, -0.1) is 0 Å². The summed E-state index contributed by atoms with van der Waals surface area (Å²) in [5.74, 6) is 0.879. The molecule has 4 rings (SSSR count). The molecule has 23 heavy (non-hydrogen) atoms. The molecule has 0 aliphatic carbocycles. The molecule has 0 N–H and O–H groups in total. The Kier molecular flexibility index (Phi) is 3.45. The van der Waals surface area contributed by atoms with E-state index in [0.717, 1.165) is 30.7 Å². The fourth-order valence-electron chi connectivity index (χ4n) is 3.06. The van der Waals surface area contributed by atoms with Crippen LogP contribution in [0.15, 0.2) is 47.7 Å². The van der Waals surface area contributed by atoms with E-state index in [2.05, 4.69) is 25.0 Å². The normalized spacial score (nSPS) is 17.7. The average molecular weight is 308 g/mol. The first kappa shape index (κ1) is 13.8. The summed E-state index contributed by atoms with van der Waals surface area (Å²) in [4.78, 5) is 27.2. The number of hydrogen-bond donors (Lipinski definition) is 0. The van der Waals surface area contributed by atoms with E-state index in [9.17, 15) is 4.79 Å². The van der Waals surface area contributed by atoms with Crippen molar-refractivity contribution in [1.29, 1.82) is 0 Å². The highest BCUT2D eigenvalue weighted by molar-refractivity contribution is 5.71. The van der Waals surface area contributed by atoms with Crippen LogP contribution in [0.4, 0.5) is 5.82 Å². The Balaban J connectivity index is 1.64. The minimum atomic E-state index is -0.0725. The van der Waals surface area contributed by atoms with Gasteiger partial charge < -0.3 is 4.90 Å². The lowest BCUT2D eigenvalue weighted by atomic mass is 10.2. The van der Waals surface area contributed by atoms with Crippen LogP contribution in [0, 0.1) is 0 Å². The Morgan fingerprint density at radius 2 is 2.04 bits per heavy atom. The molecule has 1 aliphatic heterocycles. The largest absolute Gasteiger partial charge is 0.352 e. The SMILES string of the molecule is O=c1cccnn1CC1CCCN1c1ccc2nccnc2n1. The maximum atomic E-state index is 11.9. The molecule has 4 heterocycles. The predicted molar refractivity (Wildman–Crippen MR) is 86.2 cm³/mol. The molecule has 3 aromatic heterocycles. The van der Waals surface area contributed by atoms with Crippen LogP contribution in [0.3, 0.4) is 0 Å². The lowest BCUT2D eigenvalue weighted by Gasteiger charge is -2.25. The molecular formula is C16H16N6O. The van der Waals surface area contributed by atoms with E-state index in [1.807, 2.05) is 12.1 Å². The fraction of sp³-hybridized carbons (Fsp3) is 0.312. The zero-order chi connectivity index (χ0) is 15.6. The number of pyridine rings is 1. The van der Waals surface area contributed by atoms with Gasteiger partial charge in [-0.05, 0) is 31.0 Å². The quantitative estimate of drug-likeness (QED) is 0.725. The van der Waals surface area contributed by atoms with Gasteiger partial charge in [-0.25, -0.2) is 14.6 Å². The highest BCUT2D eigenvalue weighted by atomic mass is 16.1. The first-order chi connectivity index (χ1) is 11.3. The Labute approximate surface area is 132 Å². The van der Waals surface area contributed by atoms with E-state index < -0.39 is 0 Å². The van der Waals surface area contributed by atoms with Gasteiger partial charge >= 0.3 is 0 Å². The number of aromatic nitrogens is 5. The van der Waals surface area contributed by atoms with Crippen molar-refractivity contribution in [1.82, 2.24) is 24.7 Å². The average Bonchev–Trinajstić information content (AvgIpc) is 3.05. The lowest BCUT2D eigenvalue weighted by Crippen LogP contribution is -2.37. The van der Waals surface area contributed by atoms with Crippen molar-refractivity contribution < 1.29 is 0 Å². The van der Waals surface area contributed by atoms with Crippen LogP contribution in [-0.4, -0.2) is 37.3 Å². The van der Waals surface area contributed by atoms with Crippen molar-refractivity contribution in [2.45, 2.75) is 25.4 Å². The molecule has 7 nitrogen and oxygen atoms in total. The Hall–Kier alpha value is -2.83. The Morgan fingerprint density at radius 1 is 1.13 bits per heavy atom. The minimum absolute atomic E-state index is 0.0725. The first-order valence-corrected chi connectivity index (χ1v) is 7.68. The smallest absolute Gasteiger partial charge is 0.266 e. The van der Waals surface area contributed by atoms with Crippen LogP contribution < -0.4 is 10.5 Å². The molecule has 1 unspecified atom stereocenters. The van der Waals surface area contributed by atoms with Crippen LogP contribution in [-0.2, 0) is 6.54 Å². The standard InChI is InChI=1S/C16H16N6O/c23-15-4-1-7-19-22(15)11-12-3-2-10-21(12)14-6-5-13-16(20-14)18-9-8-17-13/h1,4-9,12H,2-3,10-11H2. The summed E-state index contributed by atoms with van der Waals surface area (Å²) in [6.45, 7) is 1.49. The highest BCUT2D eigenvalue weighted by Gasteiger charge is 2.26. The summed E-state index contributed by atoms with van der Waals surface area (Å²) >= 11 is 0. The number of anilines is 1. The zero-order valence-electron chi connectivity index (χ0n) is 12.5. The van der Waals surface area contributed by atoms with E-state index in [4.69, 9.17) is 0 Å². The summed E-state index contributed by atoms with van der Waals surface area (Å²) in [6.07, 6.45) is 7.05. The summed E-state index contributed by atoms with van der Waals surface area (Å²) in [5.41, 5.74) is 1.36. The molecule has 1 atom stereocenters. The first-order valence-electron chi connectivity index (χ1n) is 7.68. The van der Waals surface area contributed by atoms with Gasteiger partial charge in [-0.3, -0.25) is 9.78 Å². The van der Waals surface area contributed by atoms with Crippen molar-refractivity contribution in [3.8, 4) is 0 Å². The summed E-state index contributed by atoms with van der Waals surface area (Å²) in [5, 5.41) is 4.15. The maximum absolute atomic E-state index is 11.9. The van der Waals surface area contributed by atoms with Gasteiger partial charge in [0.25, 0.3) is 5.56 Å². The molecule has 0 radical (unpaired) electrons. The Bertz CT molecular complexity index is 893.